The predicted molar refractivity (Wildman–Crippen MR) is 96.4 cm³/mol. The number of carbonyl (C=O) groups is 1. The van der Waals surface area contributed by atoms with E-state index in [1.54, 1.807) is 13.2 Å². The van der Waals surface area contributed by atoms with Crippen molar-refractivity contribution in [2.75, 3.05) is 27.2 Å². The molecule has 2 aliphatic heterocycles. The zero-order chi connectivity index (χ0) is 18.3. The molecule has 1 spiro atoms. The lowest BCUT2D eigenvalue weighted by atomic mass is 9.48. The number of piperidine rings is 1. The second kappa shape index (κ2) is 5.94. The molecule has 2 fully saturated rings. The van der Waals surface area contributed by atoms with E-state index < -0.39 is 17.1 Å². The molecule has 0 amide bonds. The highest BCUT2D eigenvalue weighted by Gasteiger charge is 2.77. The first-order valence-electron chi connectivity index (χ1n) is 9.48. The fourth-order valence-electron chi connectivity index (χ4n) is 6.73. The predicted octanol–water partition coefficient (Wildman–Crippen LogP) is -0.896. The molecule has 1 saturated heterocycles. The standard InChI is InChI=1S/C21H25NO4.HI/c1-4-10-22(2)11-9-20-17-13-5-6-14(23)18(17)26-19(20)15(24)7-8-21(20,25-3)16(22)12-13;/h4-6,16,19H,1,7-12H2,2-3H3;1H/t16-,19+,20+,21-,22-;/m1./s1. The molecular formula is C21H26INO4. The molecule has 2 bridgehead atoms. The number of phenols is 1. The molecule has 6 heteroatoms. The molecule has 5 nitrogen and oxygen atoms in total. The van der Waals surface area contributed by atoms with Gasteiger partial charge in [0.25, 0.3) is 0 Å². The third-order valence-corrected chi connectivity index (χ3v) is 7.77. The summed E-state index contributed by atoms with van der Waals surface area (Å²) < 4.78 is 13.4. The number of likely N-dealkylation sites (tertiary alicyclic amines) is 1. The van der Waals surface area contributed by atoms with E-state index in [2.05, 4.69) is 13.6 Å². The summed E-state index contributed by atoms with van der Waals surface area (Å²) in [4.78, 5) is 12.9. The minimum absolute atomic E-state index is 0. The van der Waals surface area contributed by atoms with E-state index in [1.165, 1.54) is 5.56 Å². The number of Topliss-reactive ketones (excluding diaryl/α,β-unsaturated/α-hetero) is 1. The Hall–Kier alpha value is -1.12. The van der Waals surface area contributed by atoms with Crippen molar-refractivity contribution in [1.29, 1.82) is 0 Å². The van der Waals surface area contributed by atoms with E-state index in [9.17, 15) is 9.90 Å². The van der Waals surface area contributed by atoms with Gasteiger partial charge in [-0.2, -0.15) is 0 Å². The van der Waals surface area contributed by atoms with Gasteiger partial charge in [-0.25, -0.2) is 0 Å². The normalized spacial score (nSPS) is 40.6. The Morgan fingerprint density at radius 3 is 2.93 bits per heavy atom. The number of hydrogen-bond acceptors (Lipinski definition) is 4. The number of ether oxygens (including phenoxy) is 2. The molecule has 1 saturated carbocycles. The second-order valence-electron chi connectivity index (χ2n) is 8.62. The number of ketones is 1. The van der Waals surface area contributed by atoms with E-state index >= 15 is 0 Å². The Balaban J connectivity index is 0.00000180. The SMILES string of the molecule is C=CC[N@+]1(C)CC[C@]23c4c5ccc(O)c4O[C@H]2C(=O)CC[C@@]3(OC)[C@H]1C5.[I-]. The first-order chi connectivity index (χ1) is 12.4. The van der Waals surface area contributed by atoms with Gasteiger partial charge < -0.3 is 43.0 Å². The van der Waals surface area contributed by atoms with Crippen molar-refractivity contribution >= 4 is 5.78 Å². The van der Waals surface area contributed by atoms with Gasteiger partial charge in [0.05, 0.1) is 25.6 Å². The molecule has 1 aromatic rings. The van der Waals surface area contributed by atoms with Gasteiger partial charge in [0.1, 0.15) is 11.6 Å². The Morgan fingerprint density at radius 1 is 1.44 bits per heavy atom. The third kappa shape index (κ3) is 1.99. The van der Waals surface area contributed by atoms with E-state index in [-0.39, 0.29) is 41.6 Å². The summed E-state index contributed by atoms with van der Waals surface area (Å²) in [6.07, 6.45) is 4.32. The number of carbonyl (C=O) groups excluding carboxylic acids is 1. The average molecular weight is 483 g/mol. The number of rotatable bonds is 3. The topological polar surface area (TPSA) is 55.8 Å². The molecule has 4 aliphatic rings. The van der Waals surface area contributed by atoms with Gasteiger partial charge in [-0.3, -0.25) is 4.79 Å². The first-order valence-corrected chi connectivity index (χ1v) is 9.48. The number of aromatic hydroxyl groups is 1. The van der Waals surface area contributed by atoms with Crippen molar-refractivity contribution in [1.82, 2.24) is 0 Å². The monoisotopic (exact) mass is 483 g/mol. The zero-order valence-electron chi connectivity index (χ0n) is 15.8. The largest absolute Gasteiger partial charge is 1.00 e. The third-order valence-electron chi connectivity index (χ3n) is 7.77. The molecular weight excluding hydrogens is 457 g/mol. The smallest absolute Gasteiger partial charge is 0.174 e. The van der Waals surface area contributed by atoms with Crippen LogP contribution < -0.4 is 28.7 Å². The van der Waals surface area contributed by atoms with Crippen molar-refractivity contribution in [3.05, 3.63) is 35.9 Å². The van der Waals surface area contributed by atoms with Crippen LogP contribution >= 0.6 is 0 Å². The molecule has 2 aliphatic carbocycles. The summed E-state index contributed by atoms with van der Waals surface area (Å²) in [5.41, 5.74) is 1.30. The number of hydrogen-bond donors (Lipinski definition) is 1. The number of methoxy groups -OCH3 is 1. The highest BCUT2D eigenvalue weighted by molar-refractivity contribution is 5.90. The van der Waals surface area contributed by atoms with Gasteiger partial charge in [0.2, 0.25) is 0 Å². The van der Waals surface area contributed by atoms with Gasteiger partial charge in [0, 0.05) is 31.9 Å². The van der Waals surface area contributed by atoms with Crippen LogP contribution in [0.1, 0.15) is 30.4 Å². The maximum absolute atomic E-state index is 12.9. The molecule has 1 N–H and O–H groups in total. The van der Waals surface area contributed by atoms with Gasteiger partial charge in [-0.1, -0.05) is 12.6 Å². The van der Waals surface area contributed by atoms with Gasteiger partial charge >= 0.3 is 0 Å². The zero-order valence-corrected chi connectivity index (χ0v) is 18.0. The van der Waals surface area contributed by atoms with Crippen LogP contribution in [0.25, 0.3) is 0 Å². The number of phenolic OH excluding ortho intramolecular Hbond substituents is 1. The summed E-state index contributed by atoms with van der Waals surface area (Å²) in [5.74, 6) is 0.792. The molecule has 0 aromatic heterocycles. The average Bonchev–Trinajstić information content (AvgIpc) is 2.99. The fraction of sp³-hybridized carbons (Fsp3) is 0.571. The number of nitrogens with zero attached hydrogens (tertiary/aromatic N) is 1. The molecule has 5 rings (SSSR count). The Bertz CT molecular complexity index is 842. The first kappa shape index (κ1) is 19.2. The Kier molecular flexibility index (Phi) is 4.22. The maximum atomic E-state index is 12.9. The maximum Gasteiger partial charge on any atom is 0.174 e. The fourth-order valence-corrected chi connectivity index (χ4v) is 6.73. The van der Waals surface area contributed by atoms with E-state index in [0.29, 0.717) is 18.6 Å². The molecule has 146 valence electrons. The summed E-state index contributed by atoms with van der Waals surface area (Å²) in [6, 6.07) is 3.96. The molecule has 0 radical (unpaired) electrons. The quantitative estimate of drug-likeness (QED) is 0.344. The van der Waals surface area contributed by atoms with Crippen LogP contribution in [0.5, 0.6) is 11.5 Å². The summed E-state index contributed by atoms with van der Waals surface area (Å²) in [7, 11) is 4.07. The van der Waals surface area contributed by atoms with Crippen LogP contribution in [0.3, 0.4) is 0 Å². The highest BCUT2D eigenvalue weighted by atomic mass is 127. The van der Waals surface area contributed by atoms with E-state index in [4.69, 9.17) is 9.47 Å². The van der Waals surface area contributed by atoms with Crippen LogP contribution in [0, 0.1) is 0 Å². The Morgan fingerprint density at radius 2 is 2.22 bits per heavy atom. The van der Waals surface area contributed by atoms with Crippen LogP contribution in [0.15, 0.2) is 24.8 Å². The van der Waals surface area contributed by atoms with Crippen molar-refractivity contribution in [2.24, 2.45) is 0 Å². The van der Waals surface area contributed by atoms with E-state index in [0.717, 1.165) is 36.0 Å². The molecule has 0 unspecified atom stereocenters. The minimum atomic E-state index is -0.543. The summed E-state index contributed by atoms with van der Waals surface area (Å²) in [6.45, 7) is 5.81. The number of quaternary nitrogens is 1. The van der Waals surface area contributed by atoms with Crippen molar-refractivity contribution < 1.29 is 47.8 Å². The lowest BCUT2D eigenvalue weighted by Crippen LogP contribution is -3.00. The number of halogens is 1. The van der Waals surface area contributed by atoms with Crippen molar-refractivity contribution in [2.45, 2.75) is 48.8 Å². The van der Waals surface area contributed by atoms with Crippen LogP contribution in [0.2, 0.25) is 0 Å². The minimum Gasteiger partial charge on any atom is -1.00 e. The van der Waals surface area contributed by atoms with Crippen molar-refractivity contribution in [3.8, 4) is 11.5 Å². The van der Waals surface area contributed by atoms with E-state index in [1.807, 2.05) is 12.1 Å². The Labute approximate surface area is 176 Å². The highest BCUT2D eigenvalue weighted by Crippen LogP contribution is 2.66. The summed E-state index contributed by atoms with van der Waals surface area (Å²) >= 11 is 0. The summed E-state index contributed by atoms with van der Waals surface area (Å²) in [5, 5.41) is 10.4. The van der Waals surface area contributed by atoms with Gasteiger partial charge in [-0.15, -0.1) is 0 Å². The van der Waals surface area contributed by atoms with Crippen LogP contribution in [-0.4, -0.2) is 60.4 Å². The molecule has 27 heavy (non-hydrogen) atoms. The second-order valence-corrected chi connectivity index (χ2v) is 8.62. The lowest BCUT2D eigenvalue weighted by molar-refractivity contribution is -0.944. The number of likely N-dealkylation sites (N-methyl/N-ethyl adjacent to an activating group) is 1. The molecule has 2 heterocycles. The molecule has 5 atom stereocenters. The lowest BCUT2D eigenvalue weighted by Gasteiger charge is -2.65. The van der Waals surface area contributed by atoms with Gasteiger partial charge in [0.15, 0.2) is 23.4 Å². The van der Waals surface area contributed by atoms with Crippen LogP contribution in [0.4, 0.5) is 0 Å². The number of benzene rings is 1. The van der Waals surface area contributed by atoms with Gasteiger partial charge in [-0.05, 0) is 24.1 Å². The molecule has 1 aromatic carbocycles. The van der Waals surface area contributed by atoms with Crippen LogP contribution in [-0.2, 0) is 21.4 Å². The van der Waals surface area contributed by atoms with Crippen molar-refractivity contribution in [3.63, 3.8) is 0 Å².